The smallest absolute Gasteiger partial charge is 0.251 e. The maximum Gasteiger partial charge on any atom is 0.251 e. The highest BCUT2D eigenvalue weighted by atomic mass is 16.5. The zero-order valence-electron chi connectivity index (χ0n) is 16.6. The first kappa shape index (κ1) is 19.3. The van der Waals surface area contributed by atoms with Gasteiger partial charge in [-0.25, -0.2) is 0 Å². The van der Waals surface area contributed by atoms with Crippen LogP contribution in [-0.4, -0.2) is 35.9 Å². The Balaban J connectivity index is 1.29. The number of amides is 1. The molecule has 6 nitrogen and oxygen atoms in total. The summed E-state index contributed by atoms with van der Waals surface area (Å²) in [5.74, 6) is 1.59. The lowest BCUT2D eigenvalue weighted by molar-refractivity contribution is 0.0937. The summed E-state index contributed by atoms with van der Waals surface area (Å²) < 4.78 is 11.4. The van der Waals surface area contributed by atoms with Gasteiger partial charge in [-0.2, -0.15) is 0 Å². The minimum atomic E-state index is -0.0929. The van der Waals surface area contributed by atoms with Gasteiger partial charge < -0.3 is 14.5 Å². The molecule has 2 aromatic carbocycles. The van der Waals surface area contributed by atoms with E-state index < -0.39 is 0 Å². The SMILES string of the molecule is Cc1ccc(-c2nnc(-c3ccc(C(=O)NCCCOCC4CC4)cc3)o2)cc1. The number of carbonyl (C=O) groups excluding carboxylic acids is 1. The monoisotopic (exact) mass is 391 g/mol. The van der Waals surface area contributed by atoms with Crippen LogP contribution in [0.15, 0.2) is 52.9 Å². The van der Waals surface area contributed by atoms with Crippen LogP contribution in [-0.2, 0) is 4.74 Å². The first-order valence-corrected chi connectivity index (χ1v) is 10.1. The first-order valence-electron chi connectivity index (χ1n) is 10.1. The number of nitrogens with one attached hydrogen (secondary N) is 1. The second kappa shape index (κ2) is 9.01. The van der Waals surface area contributed by atoms with Crippen molar-refractivity contribution in [3.8, 4) is 22.9 Å². The Kier molecular flexibility index (Phi) is 6.00. The molecular formula is C23H25N3O3. The van der Waals surface area contributed by atoms with Gasteiger partial charge in [0.2, 0.25) is 11.8 Å². The Morgan fingerprint density at radius 1 is 1.03 bits per heavy atom. The number of aromatic nitrogens is 2. The van der Waals surface area contributed by atoms with Gasteiger partial charge in [-0.3, -0.25) is 4.79 Å². The molecule has 1 heterocycles. The molecule has 0 unspecified atom stereocenters. The van der Waals surface area contributed by atoms with E-state index in [2.05, 4.69) is 15.5 Å². The molecule has 1 aromatic heterocycles. The van der Waals surface area contributed by atoms with Crippen molar-refractivity contribution < 1.29 is 13.9 Å². The topological polar surface area (TPSA) is 77.2 Å². The van der Waals surface area contributed by atoms with E-state index >= 15 is 0 Å². The number of carbonyl (C=O) groups is 1. The predicted octanol–water partition coefficient (Wildman–Crippen LogP) is 4.26. The number of ether oxygens (including phenoxy) is 1. The number of hydrogen-bond acceptors (Lipinski definition) is 5. The number of aryl methyl sites for hydroxylation is 1. The van der Waals surface area contributed by atoms with Crippen LogP contribution in [0.1, 0.15) is 35.2 Å². The number of hydrogen-bond donors (Lipinski definition) is 1. The van der Waals surface area contributed by atoms with Gasteiger partial charge in [-0.05, 0) is 68.5 Å². The fraction of sp³-hybridized carbons (Fsp3) is 0.348. The van der Waals surface area contributed by atoms with Crippen LogP contribution >= 0.6 is 0 Å². The fourth-order valence-corrected chi connectivity index (χ4v) is 2.93. The van der Waals surface area contributed by atoms with Gasteiger partial charge in [0.15, 0.2) is 0 Å². The molecule has 0 aliphatic heterocycles. The van der Waals surface area contributed by atoms with Crippen LogP contribution in [0.3, 0.4) is 0 Å². The average Bonchev–Trinajstić information content (AvgIpc) is 3.44. The summed E-state index contributed by atoms with van der Waals surface area (Å²) in [6.07, 6.45) is 3.41. The molecule has 0 radical (unpaired) electrons. The maximum atomic E-state index is 12.3. The standard InChI is InChI=1S/C23H25N3O3/c1-16-3-7-19(8-4-16)22-25-26-23(29-22)20-11-9-18(10-12-20)21(27)24-13-2-14-28-15-17-5-6-17/h3-4,7-12,17H,2,5-6,13-15H2,1H3,(H,24,27). The molecule has 0 atom stereocenters. The molecule has 29 heavy (non-hydrogen) atoms. The van der Waals surface area contributed by atoms with Gasteiger partial charge in [-0.1, -0.05) is 17.7 Å². The minimum absolute atomic E-state index is 0.0929. The maximum absolute atomic E-state index is 12.3. The molecule has 1 aliphatic carbocycles. The van der Waals surface area contributed by atoms with Gasteiger partial charge in [-0.15, -0.1) is 10.2 Å². The highest BCUT2D eigenvalue weighted by Crippen LogP contribution is 2.28. The third kappa shape index (κ3) is 5.29. The van der Waals surface area contributed by atoms with Gasteiger partial charge in [0, 0.05) is 36.4 Å². The van der Waals surface area contributed by atoms with Crippen molar-refractivity contribution in [1.82, 2.24) is 15.5 Å². The van der Waals surface area contributed by atoms with E-state index in [1.165, 1.54) is 18.4 Å². The van der Waals surface area contributed by atoms with Crippen molar-refractivity contribution in [3.63, 3.8) is 0 Å². The lowest BCUT2D eigenvalue weighted by atomic mass is 10.1. The van der Waals surface area contributed by atoms with E-state index in [0.29, 0.717) is 30.5 Å². The summed E-state index contributed by atoms with van der Waals surface area (Å²) in [4.78, 5) is 12.3. The van der Waals surface area contributed by atoms with Crippen LogP contribution < -0.4 is 5.32 Å². The molecule has 1 fully saturated rings. The first-order chi connectivity index (χ1) is 14.2. The summed E-state index contributed by atoms with van der Waals surface area (Å²) in [5.41, 5.74) is 3.44. The lowest BCUT2D eigenvalue weighted by Crippen LogP contribution is -2.25. The second-order valence-electron chi connectivity index (χ2n) is 7.48. The Bertz CT molecular complexity index is 944. The molecule has 0 spiro atoms. The molecule has 4 rings (SSSR count). The molecule has 0 saturated heterocycles. The van der Waals surface area contributed by atoms with Gasteiger partial charge in [0.25, 0.3) is 5.91 Å². The summed E-state index contributed by atoms with van der Waals surface area (Å²) in [5, 5.41) is 11.2. The third-order valence-corrected chi connectivity index (χ3v) is 4.92. The predicted molar refractivity (Wildman–Crippen MR) is 110 cm³/mol. The molecular weight excluding hydrogens is 366 g/mol. The van der Waals surface area contributed by atoms with E-state index in [4.69, 9.17) is 9.15 Å². The van der Waals surface area contributed by atoms with Crippen LogP contribution in [0, 0.1) is 12.8 Å². The van der Waals surface area contributed by atoms with Crippen molar-refractivity contribution >= 4 is 5.91 Å². The van der Waals surface area contributed by atoms with Crippen LogP contribution in [0.4, 0.5) is 0 Å². The summed E-state index contributed by atoms with van der Waals surface area (Å²) in [6, 6.07) is 15.1. The zero-order valence-corrected chi connectivity index (χ0v) is 16.6. The number of nitrogens with zero attached hydrogens (tertiary/aromatic N) is 2. The molecule has 1 saturated carbocycles. The summed E-state index contributed by atoms with van der Waals surface area (Å²) >= 11 is 0. The van der Waals surface area contributed by atoms with Gasteiger partial charge >= 0.3 is 0 Å². The number of benzene rings is 2. The molecule has 1 amide bonds. The minimum Gasteiger partial charge on any atom is -0.416 e. The van der Waals surface area contributed by atoms with Crippen molar-refractivity contribution in [2.45, 2.75) is 26.2 Å². The van der Waals surface area contributed by atoms with Gasteiger partial charge in [0.05, 0.1) is 0 Å². The van der Waals surface area contributed by atoms with E-state index in [0.717, 1.165) is 30.1 Å². The highest BCUT2D eigenvalue weighted by Gasteiger charge is 2.20. The quantitative estimate of drug-likeness (QED) is 0.552. The van der Waals surface area contributed by atoms with Crippen LogP contribution in [0.2, 0.25) is 0 Å². The Morgan fingerprint density at radius 2 is 1.66 bits per heavy atom. The second-order valence-corrected chi connectivity index (χ2v) is 7.48. The Morgan fingerprint density at radius 3 is 2.28 bits per heavy atom. The Labute approximate surface area is 170 Å². The van der Waals surface area contributed by atoms with Crippen molar-refractivity contribution in [2.24, 2.45) is 5.92 Å². The molecule has 0 bridgehead atoms. The Hall–Kier alpha value is -2.99. The van der Waals surface area contributed by atoms with E-state index in [1.54, 1.807) is 12.1 Å². The normalized spacial score (nSPS) is 13.4. The average molecular weight is 391 g/mol. The number of rotatable bonds is 9. The fourth-order valence-electron chi connectivity index (χ4n) is 2.93. The largest absolute Gasteiger partial charge is 0.416 e. The molecule has 150 valence electrons. The lowest BCUT2D eigenvalue weighted by Gasteiger charge is -2.06. The van der Waals surface area contributed by atoms with Crippen LogP contribution in [0.5, 0.6) is 0 Å². The highest BCUT2D eigenvalue weighted by molar-refractivity contribution is 5.94. The summed E-state index contributed by atoms with van der Waals surface area (Å²) in [7, 11) is 0. The molecule has 6 heteroatoms. The van der Waals surface area contributed by atoms with Gasteiger partial charge in [0.1, 0.15) is 0 Å². The molecule has 1 N–H and O–H groups in total. The molecule has 3 aromatic rings. The van der Waals surface area contributed by atoms with E-state index in [-0.39, 0.29) is 5.91 Å². The summed E-state index contributed by atoms with van der Waals surface area (Å²) in [6.45, 7) is 4.19. The zero-order chi connectivity index (χ0) is 20.1. The van der Waals surface area contributed by atoms with Crippen molar-refractivity contribution in [1.29, 1.82) is 0 Å². The van der Waals surface area contributed by atoms with Crippen molar-refractivity contribution in [3.05, 3.63) is 59.7 Å². The molecule has 1 aliphatic rings. The van der Waals surface area contributed by atoms with Crippen molar-refractivity contribution in [2.75, 3.05) is 19.8 Å². The van der Waals surface area contributed by atoms with Crippen LogP contribution in [0.25, 0.3) is 22.9 Å². The third-order valence-electron chi connectivity index (χ3n) is 4.92. The van der Waals surface area contributed by atoms with E-state index in [9.17, 15) is 4.79 Å². The van der Waals surface area contributed by atoms with E-state index in [1.807, 2.05) is 43.3 Å².